The normalized spacial score (nSPS) is 12.1. The molecule has 0 saturated carbocycles. The van der Waals surface area contributed by atoms with Gasteiger partial charge in [-0.2, -0.15) is 0 Å². The zero-order valence-electron chi connectivity index (χ0n) is 29.8. The topological polar surface area (TPSA) is 84.9 Å². The molecule has 5 rings (SSSR count). The molecule has 0 saturated heterocycles. The van der Waals surface area contributed by atoms with Crippen molar-refractivity contribution in [3.8, 4) is 11.1 Å². The lowest BCUT2D eigenvalue weighted by Gasteiger charge is -2.35. The summed E-state index contributed by atoms with van der Waals surface area (Å²) >= 11 is 0. The van der Waals surface area contributed by atoms with Gasteiger partial charge in [-0.15, -0.1) is 0 Å². The van der Waals surface area contributed by atoms with Crippen molar-refractivity contribution in [3.63, 3.8) is 0 Å². The van der Waals surface area contributed by atoms with E-state index < -0.39 is 29.0 Å². The number of carbonyl (C=O) groups is 3. The van der Waals surface area contributed by atoms with Gasteiger partial charge in [0.1, 0.15) is 5.60 Å². The maximum atomic E-state index is 14.2. The summed E-state index contributed by atoms with van der Waals surface area (Å²) in [5, 5.41) is 0. The van der Waals surface area contributed by atoms with Gasteiger partial charge in [0, 0.05) is 24.6 Å². The summed E-state index contributed by atoms with van der Waals surface area (Å²) in [6.07, 6.45) is -0.107. The molecule has 7 nitrogen and oxygen atoms in total. The molecule has 1 unspecified atom stereocenters. The minimum absolute atomic E-state index is 0.0574. The van der Waals surface area contributed by atoms with Crippen molar-refractivity contribution in [1.82, 2.24) is 5.48 Å². The van der Waals surface area contributed by atoms with Crippen LogP contribution in [0, 0.1) is 5.92 Å². The molecular weight excluding hydrogens is 636 g/mol. The molecular formula is C44H46N2O5. The van der Waals surface area contributed by atoms with Crippen molar-refractivity contribution < 1.29 is 24.0 Å². The maximum absolute atomic E-state index is 14.2. The molecule has 51 heavy (non-hydrogen) atoms. The Bertz CT molecular complexity index is 1760. The van der Waals surface area contributed by atoms with Crippen molar-refractivity contribution in [3.05, 3.63) is 162 Å². The highest BCUT2D eigenvalue weighted by atomic mass is 16.7. The van der Waals surface area contributed by atoms with Crippen LogP contribution in [0.1, 0.15) is 63.6 Å². The number of carbonyl (C=O) groups excluding carboxylic acids is 3. The molecule has 262 valence electrons. The van der Waals surface area contributed by atoms with Gasteiger partial charge in [-0.1, -0.05) is 133 Å². The van der Waals surface area contributed by atoms with Crippen LogP contribution in [-0.2, 0) is 29.6 Å². The predicted octanol–water partition coefficient (Wildman–Crippen LogP) is 8.87. The standard InChI is InChI=1S/C44H46N2O5/c1-5-46(39-29-26-34(27-30-39)33-18-10-6-11-19-33)42(49)35(32-41(48)50-43(2,3)4)28-31-40(47)45-51-44(36-20-12-7-13-21-36,37-22-14-8-15-23-37)38-24-16-9-17-25-38/h6-27,29-30,35H,5,28,31-32H2,1-4H3,(H,45,47). The van der Waals surface area contributed by atoms with Gasteiger partial charge in [0.15, 0.2) is 5.60 Å². The van der Waals surface area contributed by atoms with Crippen LogP contribution in [-0.4, -0.2) is 29.9 Å². The third kappa shape index (κ3) is 9.38. The first kappa shape index (κ1) is 36.7. The van der Waals surface area contributed by atoms with Crippen LogP contribution in [0.5, 0.6) is 0 Å². The number of benzene rings is 5. The number of hydrogen-bond donors (Lipinski definition) is 1. The van der Waals surface area contributed by atoms with E-state index in [0.717, 1.165) is 27.8 Å². The first-order valence-corrected chi connectivity index (χ1v) is 17.4. The Kier molecular flexibility index (Phi) is 12.2. The van der Waals surface area contributed by atoms with Gasteiger partial charge in [0.2, 0.25) is 11.8 Å². The summed E-state index contributed by atoms with van der Waals surface area (Å²) in [6, 6.07) is 47.0. The third-order valence-electron chi connectivity index (χ3n) is 8.63. The first-order valence-electron chi connectivity index (χ1n) is 17.4. The second kappa shape index (κ2) is 16.9. The Morgan fingerprint density at radius 3 is 1.55 bits per heavy atom. The van der Waals surface area contributed by atoms with Crippen LogP contribution < -0.4 is 10.4 Å². The molecule has 0 radical (unpaired) electrons. The fourth-order valence-electron chi connectivity index (χ4n) is 6.23. The Morgan fingerprint density at radius 2 is 1.10 bits per heavy atom. The average Bonchev–Trinajstić information content (AvgIpc) is 3.15. The number of hydrogen-bond acceptors (Lipinski definition) is 5. The van der Waals surface area contributed by atoms with Crippen LogP contribution >= 0.6 is 0 Å². The van der Waals surface area contributed by atoms with Gasteiger partial charge in [-0.3, -0.25) is 19.2 Å². The smallest absolute Gasteiger partial charge is 0.307 e. The lowest BCUT2D eigenvalue weighted by Crippen LogP contribution is -2.41. The Morgan fingerprint density at radius 1 is 0.647 bits per heavy atom. The van der Waals surface area contributed by atoms with Crippen molar-refractivity contribution in [2.24, 2.45) is 5.92 Å². The summed E-state index contributed by atoms with van der Waals surface area (Å²) in [5.74, 6) is -1.97. The molecule has 0 aliphatic heterocycles. The maximum Gasteiger partial charge on any atom is 0.307 e. The lowest BCUT2D eigenvalue weighted by atomic mass is 9.80. The zero-order valence-corrected chi connectivity index (χ0v) is 29.8. The number of ether oxygens (including phenoxy) is 1. The third-order valence-corrected chi connectivity index (χ3v) is 8.63. The van der Waals surface area contributed by atoms with E-state index in [-0.39, 0.29) is 25.2 Å². The number of hydroxylamine groups is 1. The highest BCUT2D eigenvalue weighted by Crippen LogP contribution is 2.39. The molecule has 2 amide bonds. The molecule has 0 spiro atoms. The molecule has 0 bridgehead atoms. The molecule has 0 aliphatic rings. The molecule has 7 heteroatoms. The van der Waals surface area contributed by atoms with E-state index >= 15 is 0 Å². The molecule has 5 aromatic rings. The number of esters is 1. The predicted molar refractivity (Wildman–Crippen MR) is 202 cm³/mol. The lowest BCUT2D eigenvalue weighted by molar-refractivity contribution is -0.157. The van der Waals surface area contributed by atoms with Crippen molar-refractivity contribution >= 4 is 23.5 Å². The Hall–Kier alpha value is -5.53. The summed E-state index contributed by atoms with van der Waals surface area (Å²) in [4.78, 5) is 49.0. The highest BCUT2D eigenvalue weighted by Gasteiger charge is 2.39. The highest BCUT2D eigenvalue weighted by molar-refractivity contribution is 5.97. The number of nitrogens with one attached hydrogen (secondary N) is 1. The fourth-order valence-corrected chi connectivity index (χ4v) is 6.23. The molecule has 0 aromatic heterocycles. The number of nitrogens with zero attached hydrogens (tertiary/aromatic N) is 1. The number of rotatable bonds is 14. The minimum Gasteiger partial charge on any atom is -0.460 e. The largest absolute Gasteiger partial charge is 0.460 e. The van der Waals surface area contributed by atoms with Gasteiger partial charge in [0.05, 0.1) is 6.42 Å². The quantitative estimate of drug-likeness (QED) is 0.0719. The minimum atomic E-state index is -1.16. The number of anilines is 1. The van der Waals surface area contributed by atoms with E-state index in [1.165, 1.54) is 0 Å². The first-order chi connectivity index (χ1) is 24.6. The van der Waals surface area contributed by atoms with E-state index in [9.17, 15) is 14.4 Å². The van der Waals surface area contributed by atoms with Crippen LogP contribution in [0.15, 0.2) is 146 Å². The van der Waals surface area contributed by atoms with Crippen molar-refractivity contribution in [2.45, 2.75) is 58.2 Å². The number of amides is 2. The summed E-state index contributed by atoms with van der Waals surface area (Å²) in [7, 11) is 0. The average molecular weight is 683 g/mol. The molecule has 1 N–H and O–H groups in total. The molecule has 5 aromatic carbocycles. The van der Waals surface area contributed by atoms with E-state index in [2.05, 4.69) is 5.48 Å². The van der Waals surface area contributed by atoms with E-state index in [4.69, 9.17) is 9.57 Å². The van der Waals surface area contributed by atoms with Gasteiger partial charge in [-0.25, -0.2) is 5.48 Å². The summed E-state index contributed by atoms with van der Waals surface area (Å²) in [5.41, 5.74) is 6.15. The fraction of sp³-hybridized carbons (Fsp3) is 0.250. The molecule has 0 heterocycles. The van der Waals surface area contributed by atoms with E-state index in [1.807, 2.05) is 153 Å². The summed E-state index contributed by atoms with van der Waals surface area (Å²) < 4.78 is 5.61. The van der Waals surface area contributed by atoms with Gasteiger partial charge in [-0.05, 0) is 74.1 Å². The van der Waals surface area contributed by atoms with Crippen molar-refractivity contribution in [2.75, 3.05) is 11.4 Å². The summed E-state index contributed by atoms with van der Waals surface area (Å²) in [6.45, 7) is 7.65. The van der Waals surface area contributed by atoms with Gasteiger partial charge in [0.25, 0.3) is 0 Å². The second-order valence-electron chi connectivity index (χ2n) is 13.4. The van der Waals surface area contributed by atoms with Crippen molar-refractivity contribution in [1.29, 1.82) is 0 Å². The van der Waals surface area contributed by atoms with Crippen LogP contribution in [0.4, 0.5) is 5.69 Å². The second-order valence-corrected chi connectivity index (χ2v) is 13.4. The van der Waals surface area contributed by atoms with E-state index in [1.54, 1.807) is 25.7 Å². The van der Waals surface area contributed by atoms with Crippen LogP contribution in [0.3, 0.4) is 0 Å². The molecule has 1 atom stereocenters. The van der Waals surface area contributed by atoms with Crippen LogP contribution in [0.2, 0.25) is 0 Å². The van der Waals surface area contributed by atoms with Gasteiger partial charge < -0.3 is 9.64 Å². The molecule has 0 aliphatic carbocycles. The Labute approximate surface area is 301 Å². The monoisotopic (exact) mass is 682 g/mol. The molecule has 0 fully saturated rings. The van der Waals surface area contributed by atoms with Gasteiger partial charge >= 0.3 is 5.97 Å². The SMILES string of the molecule is CCN(C(=O)C(CCC(=O)NOC(c1ccccc1)(c1ccccc1)c1ccccc1)CC(=O)OC(C)(C)C)c1ccc(-c2ccccc2)cc1. The van der Waals surface area contributed by atoms with E-state index in [0.29, 0.717) is 12.2 Å². The zero-order chi connectivity index (χ0) is 36.3. The Balaban J connectivity index is 1.37. The van der Waals surface area contributed by atoms with Crippen LogP contribution in [0.25, 0.3) is 11.1 Å².